The Morgan fingerprint density at radius 3 is 2.40 bits per heavy atom. The summed E-state index contributed by atoms with van der Waals surface area (Å²) in [6, 6.07) is 16.8. The van der Waals surface area contributed by atoms with Gasteiger partial charge in [-0.15, -0.1) is 0 Å². The SMILES string of the molecule is CN(Cc1ccc(F)cc1)Cn1nc(Cc2ccccc2)n(C)c1=S. The zero-order valence-corrected chi connectivity index (χ0v) is 15.2. The maximum atomic E-state index is 13.0. The molecular formula is C19H21FN4S. The molecule has 0 amide bonds. The minimum absolute atomic E-state index is 0.219. The van der Waals surface area contributed by atoms with Crippen LogP contribution in [0.4, 0.5) is 4.39 Å². The van der Waals surface area contributed by atoms with Gasteiger partial charge in [0, 0.05) is 20.0 Å². The van der Waals surface area contributed by atoms with E-state index in [2.05, 4.69) is 22.1 Å². The van der Waals surface area contributed by atoms with Crippen LogP contribution in [0.2, 0.25) is 0 Å². The Bertz CT molecular complexity index is 884. The molecule has 1 aromatic heterocycles. The highest BCUT2D eigenvalue weighted by atomic mass is 32.1. The molecule has 3 aromatic rings. The average Bonchev–Trinajstić information content (AvgIpc) is 2.86. The van der Waals surface area contributed by atoms with E-state index in [1.807, 2.05) is 41.5 Å². The fourth-order valence-corrected chi connectivity index (χ4v) is 2.94. The molecule has 1 heterocycles. The van der Waals surface area contributed by atoms with E-state index in [0.29, 0.717) is 18.0 Å². The summed E-state index contributed by atoms with van der Waals surface area (Å²) in [6.45, 7) is 1.28. The normalized spacial score (nSPS) is 11.2. The smallest absolute Gasteiger partial charge is 0.198 e. The van der Waals surface area contributed by atoms with E-state index in [1.165, 1.54) is 17.7 Å². The first-order valence-electron chi connectivity index (χ1n) is 8.12. The second-order valence-corrected chi connectivity index (χ2v) is 6.57. The van der Waals surface area contributed by atoms with Gasteiger partial charge >= 0.3 is 0 Å². The summed E-state index contributed by atoms with van der Waals surface area (Å²) < 4.78 is 17.5. The second-order valence-electron chi connectivity index (χ2n) is 6.20. The van der Waals surface area contributed by atoms with Crippen molar-refractivity contribution in [1.29, 1.82) is 0 Å². The van der Waals surface area contributed by atoms with Gasteiger partial charge in [-0.1, -0.05) is 42.5 Å². The first-order valence-corrected chi connectivity index (χ1v) is 8.53. The van der Waals surface area contributed by atoms with Gasteiger partial charge in [0.25, 0.3) is 0 Å². The van der Waals surface area contributed by atoms with E-state index in [4.69, 9.17) is 12.2 Å². The molecular weight excluding hydrogens is 335 g/mol. The van der Waals surface area contributed by atoms with Crippen LogP contribution >= 0.6 is 12.2 Å². The van der Waals surface area contributed by atoms with Gasteiger partial charge in [0.05, 0.1) is 6.67 Å². The number of nitrogens with zero attached hydrogens (tertiary/aromatic N) is 4. The Balaban J connectivity index is 1.71. The minimum atomic E-state index is -0.219. The van der Waals surface area contributed by atoms with Gasteiger partial charge in [0.2, 0.25) is 0 Å². The van der Waals surface area contributed by atoms with Gasteiger partial charge in [-0.3, -0.25) is 4.90 Å². The van der Waals surface area contributed by atoms with Crippen LogP contribution in [0, 0.1) is 10.6 Å². The van der Waals surface area contributed by atoms with Crippen LogP contribution in [0.1, 0.15) is 17.0 Å². The largest absolute Gasteiger partial charge is 0.307 e. The molecule has 0 aliphatic rings. The first-order chi connectivity index (χ1) is 12.0. The summed E-state index contributed by atoms with van der Waals surface area (Å²) >= 11 is 5.52. The number of rotatable bonds is 6. The molecule has 2 aromatic carbocycles. The average molecular weight is 356 g/mol. The number of halogens is 1. The molecule has 0 aliphatic carbocycles. The zero-order chi connectivity index (χ0) is 17.8. The van der Waals surface area contributed by atoms with Crippen molar-refractivity contribution in [3.05, 3.63) is 82.1 Å². The van der Waals surface area contributed by atoms with E-state index in [-0.39, 0.29) is 5.82 Å². The third kappa shape index (κ3) is 4.41. The van der Waals surface area contributed by atoms with E-state index in [1.54, 1.807) is 12.1 Å². The molecule has 0 atom stereocenters. The lowest BCUT2D eigenvalue weighted by Gasteiger charge is -2.16. The maximum absolute atomic E-state index is 13.0. The summed E-state index contributed by atoms with van der Waals surface area (Å²) in [7, 11) is 3.95. The topological polar surface area (TPSA) is 26.0 Å². The number of hydrogen-bond acceptors (Lipinski definition) is 3. The Kier molecular flexibility index (Phi) is 5.40. The van der Waals surface area contributed by atoms with Crippen LogP contribution in [-0.4, -0.2) is 26.3 Å². The molecule has 0 aliphatic heterocycles. The summed E-state index contributed by atoms with van der Waals surface area (Å²) in [6.07, 6.45) is 0.746. The van der Waals surface area contributed by atoms with Crippen molar-refractivity contribution in [2.24, 2.45) is 7.05 Å². The predicted octanol–water partition coefficient (Wildman–Crippen LogP) is 3.77. The quantitative estimate of drug-likeness (QED) is 0.629. The summed E-state index contributed by atoms with van der Waals surface area (Å²) in [4.78, 5) is 2.10. The van der Waals surface area contributed by atoms with Crippen LogP contribution in [0.25, 0.3) is 0 Å². The summed E-state index contributed by atoms with van der Waals surface area (Å²) in [5.74, 6) is 0.718. The molecule has 0 radical (unpaired) electrons. The molecule has 6 heteroatoms. The van der Waals surface area contributed by atoms with Crippen molar-refractivity contribution in [2.75, 3.05) is 7.05 Å². The van der Waals surface area contributed by atoms with E-state index >= 15 is 0 Å². The molecule has 0 saturated heterocycles. The third-order valence-electron chi connectivity index (χ3n) is 4.08. The van der Waals surface area contributed by atoms with Crippen molar-refractivity contribution in [1.82, 2.24) is 19.2 Å². The monoisotopic (exact) mass is 356 g/mol. The molecule has 3 rings (SSSR count). The Hall–Kier alpha value is -2.31. The highest BCUT2D eigenvalue weighted by Crippen LogP contribution is 2.10. The second kappa shape index (κ2) is 7.72. The number of aromatic nitrogens is 3. The van der Waals surface area contributed by atoms with E-state index in [9.17, 15) is 4.39 Å². The van der Waals surface area contributed by atoms with Gasteiger partial charge in [-0.05, 0) is 42.5 Å². The molecule has 0 unspecified atom stereocenters. The Morgan fingerprint density at radius 2 is 1.72 bits per heavy atom. The molecule has 130 valence electrons. The van der Waals surface area contributed by atoms with E-state index < -0.39 is 0 Å². The predicted molar refractivity (Wildman–Crippen MR) is 99.1 cm³/mol. The lowest BCUT2D eigenvalue weighted by molar-refractivity contribution is 0.243. The van der Waals surface area contributed by atoms with Gasteiger partial charge in [0.1, 0.15) is 11.6 Å². The summed E-state index contributed by atoms with van der Waals surface area (Å²) in [5, 5.41) is 4.67. The van der Waals surface area contributed by atoms with Crippen molar-refractivity contribution >= 4 is 12.2 Å². The van der Waals surface area contributed by atoms with Crippen molar-refractivity contribution in [2.45, 2.75) is 19.6 Å². The zero-order valence-electron chi connectivity index (χ0n) is 14.4. The molecule has 0 bridgehead atoms. The van der Waals surface area contributed by atoms with Crippen LogP contribution in [0.3, 0.4) is 0 Å². The standard InChI is InChI=1S/C19H21FN4S/c1-22(13-16-8-10-17(20)11-9-16)14-24-19(25)23(2)18(21-24)12-15-6-4-3-5-7-15/h3-11H,12-14H2,1-2H3. The van der Waals surface area contributed by atoms with Gasteiger partial charge < -0.3 is 4.57 Å². The van der Waals surface area contributed by atoms with Crippen LogP contribution < -0.4 is 0 Å². The summed E-state index contributed by atoms with van der Waals surface area (Å²) in [5.41, 5.74) is 2.26. The van der Waals surface area contributed by atoms with Gasteiger partial charge in [-0.25, -0.2) is 9.07 Å². The van der Waals surface area contributed by atoms with Crippen molar-refractivity contribution in [3.8, 4) is 0 Å². The lowest BCUT2D eigenvalue weighted by atomic mass is 10.1. The maximum Gasteiger partial charge on any atom is 0.198 e. The first kappa shape index (κ1) is 17.5. The third-order valence-corrected chi connectivity index (χ3v) is 4.56. The van der Waals surface area contributed by atoms with Crippen LogP contribution in [0.15, 0.2) is 54.6 Å². The van der Waals surface area contributed by atoms with Crippen molar-refractivity contribution < 1.29 is 4.39 Å². The van der Waals surface area contributed by atoms with Crippen LogP contribution in [-0.2, 0) is 26.7 Å². The van der Waals surface area contributed by atoms with Gasteiger partial charge in [-0.2, -0.15) is 5.10 Å². The Morgan fingerprint density at radius 1 is 1.04 bits per heavy atom. The Labute approximate surface area is 152 Å². The van der Waals surface area contributed by atoms with Crippen molar-refractivity contribution in [3.63, 3.8) is 0 Å². The highest BCUT2D eigenvalue weighted by Gasteiger charge is 2.10. The lowest BCUT2D eigenvalue weighted by Crippen LogP contribution is -2.22. The molecule has 0 fully saturated rings. The number of hydrogen-bond donors (Lipinski definition) is 0. The molecule has 4 nitrogen and oxygen atoms in total. The molecule has 0 N–H and O–H groups in total. The minimum Gasteiger partial charge on any atom is -0.307 e. The number of benzene rings is 2. The van der Waals surface area contributed by atoms with E-state index in [0.717, 1.165) is 17.8 Å². The fourth-order valence-electron chi connectivity index (χ4n) is 2.74. The van der Waals surface area contributed by atoms with Crippen LogP contribution in [0.5, 0.6) is 0 Å². The molecule has 0 saturated carbocycles. The molecule has 25 heavy (non-hydrogen) atoms. The highest BCUT2D eigenvalue weighted by molar-refractivity contribution is 7.71. The van der Waals surface area contributed by atoms with Gasteiger partial charge in [0.15, 0.2) is 4.77 Å². The fraction of sp³-hybridized carbons (Fsp3) is 0.263. The molecule has 0 spiro atoms.